The summed E-state index contributed by atoms with van der Waals surface area (Å²) in [5.41, 5.74) is 0.463. The largest absolute Gasteiger partial charge is 0.457 e. The minimum absolute atomic E-state index is 0.315. The van der Waals surface area contributed by atoms with Gasteiger partial charge >= 0.3 is 0 Å². The molecule has 0 aliphatic heterocycles. The fraction of sp³-hybridized carbons (Fsp3) is 0.0667. The molecule has 104 valence electrons. The lowest BCUT2D eigenvalue weighted by Gasteiger charge is -2.06. The number of ketones is 1. The van der Waals surface area contributed by atoms with Gasteiger partial charge < -0.3 is 9.53 Å². The lowest BCUT2D eigenvalue weighted by Crippen LogP contribution is -2.07. The van der Waals surface area contributed by atoms with Crippen molar-refractivity contribution in [2.75, 3.05) is 0 Å². The first kappa shape index (κ1) is 16.2. The third-order valence-corrected chi connectivity index (χ3v) is 2.71. The van der Waals surface area contributed by atoms with Gasteiger partial charge in [-0.25, -0.2) is 0 Å². The van der Waals surface area contributed by atoms with E-state index in [1.165, 1.54) is 0 Å². The first-order valence-corrected chi connectivity index (χ1v) is 6.48. The van der Waals surface area contributed by atoms with E-state index in [1.54, 1.807) is 24.3 Å². The number of hydrogen-bond donors (Lipinski definition) is 0. The predicted octanol–water partition coefficient (Wildman–Crippen LogP) is 4.28. The maximum absolute atomic E-state index is 11.5. The molecule has 3 nitrogen and oxygen atoms in total. The van der Waals surface area contributed by atoms with Crippen molar-refractivity contribution in [2.24, 2.45) is 0 Å². The molecule has 0 saturated heterocycles. The molecule has 0 aliphatic carbocycles. The van der Waals surface area contributed by atoms with E-state index in [4.69, 9.17) is 32.7 Å². The molecule has 0 fully saturated rings. The fourth-order valence-electron chi connectivity index (χ4n) is 1.44. The second-order valence-corrected chi connectivity index (χ2v) is 4.70. The molecule has 20 heavy (non-hydrogen) atoms. The Hall–Kier alpha value is -1.84. The van der Waals surface area contributed by atoms with Crippen LogP contribution in [0.1, 0.15) is 10.4 Å². The summed E-state index contributed by atoms with van der Waals surface area (Å²) in [4.78, 5) is 18.5. The molecule has 0 bridgehead atoms. The van der Waals surface area contributed by atoms with Gasteiger partial charge in [0.05, 0.1) is 0 Å². The SMILES string of the molecule is C=O.O=C(c1ccc(Oc2ccccc2)cc1)C(Cl)Cl. The molecular weight excluding hydrogens is 299 g/mol. The topological polar surface area (TPSA) is 43.4 Å². The van der Waals surface area contributed by atoms with Crippen molar-refractivity contribution in [1.82, 2.24) is 0 Å². The number of carbonyl (C=O) groups excluding carboxylic acids is 2. The molecule has 0 atom stereocenters. The Morgan fingerprint density at radius 3 is 1.90 bits per heavy atom. The van der Waals surface area contributed by atoms with Crippen molar-refractivity contribution < 1.29 is 14.3 Å². The quantitative estimate of drug-likeness (QED) is 0.625. The van der Waals surface area contributed by atoms with Crippen molar-refractivity contribution in [3.05, 3.63) is 60.2 Å². The second-order valence-electron chi connectivity index (χ2n) is 3.60. The number of para-hydroxylation sites is 1. The number of carbonyl (C=O) groups is 2. The molecule has 0 heterocycles. The van der Waals surface area contributed by atoms with Crippen LogP contribution >= 0.6 is 23.2 Å². The molecule has 0 N–H and O–H groups in total. The maximum Gasteiger partial charge on any atom is 0.195 e. The van der Waals surface area contributed by atoms with E-state index in [2.05, 4.69) is 0 Å². The van der Waals surface area contributed by atoms with Crippen LogP contribution in [0.3, 0.4) is 0 Å². The van der Waals surface area contributed by atoms with Gasteiger partial charge in [0.25, 0.3) is 0 Å². The summed E-state index contributed by atoms with van der Waals surface area (Å²) < 4.78 is 5.60. The summed E-state index contributed by atoms with van der Waals surface area (Å²) in [6.07, 6.45) is 0. The average molecular weight is 311 g/mol. The molecule has 2 rings (SSSR count). The number of halogens is 2. The summed E-state index contributed by atoms with van der Waals surface area (Å²) in [5, 5.41) is 0. The fourth-order valence-corrected chi connectivity index (χ4v) is 1.69. The van der Waals surface area contributed by atoms with Gasteiger partial charge in [-0.05, 0) is 36.4 Å². The highest BCUT2D eigenvalue weighted by atomic mass is 35.5. The van der Waals surface area contributed by atoms with E-state index in [-0.39, 0.29) is 5.78 Å². The minimum atomic E-state index is -1.04. The molecule has 0 unspecified atom stereocenters. The molecule has 0 amide bonds. The third-order valence-electron chi connectivity index (χ3n) is 2.32. The van der Waals surface area contributed by atoms with Gasteiger partial charge in [0.15, 0.2) is 10.6 Å². The van der Waals surface area contributed by atoms with Gasteiger partial charge in [-0.3, -0.25) is 4.79 Å². The Kier molecular flexibility index (Phi) is 6.77. The first-order chi connectivity index (χ1) is 9.66. The molecule has 5 heteroatoms. The zero-order chi connectivity index (χ0) is 15.0. The van der Waals surface area contributed by atoms with Crippen LogP contribution in [-0.2, 0) is 4.79 Å². The number of benzene rings is 2. The van der Waals surface area contributed by atoms with Crippen LogP contribution in [0, 0.1) is 0 Å². The van der Waals surface area contributed by atoms with Crippen LogP contribution < -0.4 is 4.74 Å². The minimum Gasteiger partial charge on any atom is -0.457 e. The molecule has 0 spiro atoms. The van der Waals surface area contributed by atoms with E-state index in [0.29, 0.717) is 11.3 Å². The molecule has 0 saturated carbocycles. The summed E-state index contributed by atoms with van der Waals surface area (Å²) in [7, 11) is 0. The van der Waals surface area contributed by atoms with Gasteiger partial charge in [-0.15, -0.1) is 0 Å². The Morgan fingerprint density at radius 2 is 1.40 bits per heavy atom. The van der Waals surface area contributed by atoms with Crippen LogP contribution in [-0.4, -0.2) is 17.4 Å². The highest BCUT2D eigenvalue weighted by molar-refractivity contribution is 6.55. The van der Waals surface area contributed by atoms with Gasteiger partial charge in [0, 0.05) is 5.56 Å². The first-order valence-electron chi connectivity index (χ1n) is 5.61. The molecule has 0 aromatic heterocycles. The zero-order valence-corrected chi connectivity index (χ0v) is 12.0. The van der Waals surface area contributed by atoms with Crippen molar-refractivity contribution in [1.29, 1.82) is 0 Å². The number of ether oxygens (including phenoxy) is 1. The summed E-state index contributed by atoms with van der Waals surface area (Å²) in [6.45, 7) is 2.00. The van der Waals surface area contributed by atoms with E-state index in [1.807, 2.05) is 37.1 Å². The normalized spacial score (nSPS) is 9.55. The van der Waals surface area contributed by atoms with Gasteiger partial charge in [-0.2, -0.15) is 0 Å². The monoisotopic (exact) mass is 310 g/mol. The Morgan fingerprint density at radius 1 is 0.900 bits per heavy atom. The maximum atomic E-state index is 11.5. The molecule has 2 aromatic carbocycles. The predicted molar refractivity (Wildman–Crippen MR) is 79.9 cm³/mol. The van der Waals surface area contributed by atoms with Gasteiger partial charge in [-0.1, -0.05) is 41.4 Å². The van der Waals surface area contributed by atoms with Crippen molar-refractivity contribution >= 4 is 35.8 Å². The third kappa shape index (κ3) is 4.68. The van der Waals surface area contributed by atoms with Gasteiger partial charge in [0.2, 0.25) is 0 Å². The van der Waals surface area contributed by atoms with Crippen LogP contribution in [0.15, 0.2) is 54.6 Å². The lowest BCUT2D eigenvalue weighted by molar-refractivity contribution is -0.0979. The summed E-state index contributed by atoms with van der Waals surface area (Å²) >= 11 is 11.0. The smallest absolute Gasteiger partial charge is 0.195 e. The van der Waals surface area contributed by atoms with Crippen LogP contribution in [0.4, 0.5) is 0 Å². The molecule has 0 radical (unpaired) electrons. The highest BCUT2D eigenvalue weighted by Gasteiger charge is 2.13. The standard InChI is InChI=1S/C14H10Cl2O2.CH2O/c15-14(16)13(17)10-6-8-12(9-7-10)18-11-4-2-1-3-5-11;1-2/h1-9,14H;1H2. The van der Waals surface area contributed by atoms with E-state index in [9.17, 15) is 4.79 Å². The van der Waals surface area contributed by atoms with Crippen molar-refractivity contribution in [3.63, 3.8) is 0 Å². The molecule has 2 aromatic rings. The van der Waals surface area contributed by atoms with E-state index < -0.39 is 4.84 Å². The summed E-state index contributed by atoms with van der Waals surface area (Å²) in [6, 6.07) is 16.1. The summed E-state index contributed by atoms with van der Waals surface area (Å²) in [5.74, 6) is 1.08. The Bertz CT molecular complexity index is 539. The highest BCUT2D eigenvalue weighted by Crippen LogP contribution is 2.22. The van der Waals surface area contributed by atoms with Crippen molar-refractivity contribution in [3.8, 4) is 11.5 Å². The molecular formula is C15H12Cl2O3. The number of rotatable bonds is 4. The van der Waals surface area contributed by atoms with Crippen molar-refractivity contribution in [2.45, 2.75) is 4.84 Å². The lowest BCUT2D eigenvalue weighted by atomic mass is 10.1. The zero-order valence-electron chi connectivity index (χ0n) is 10.5. The number of hydrogen-bond acceptors (Lipinski definition) is 3. The average Bonchev–Trinajstić information content (AvgIpc) is 2.50. The Balaban J connectivity index is 0.000000956. The Labute approximate surface area is 127 Å². The van der Waals surface area contributed by atoms with Crippen LogP contribution in [0.2, 0.25) is 0 Å². The molecule has 0 aliphatic rings. The van der Waals surface area contributed by atoms with Crippen LogP contribution in [0.5, 0.6) is 11.5 Å². The number of Topliss-reactive ketones (excluding diaryl/α,β-unsaturated/α-hetero) is 1. The second kappa shape index (κ2) is 8.35. The van der Waals surface area contributed by atoms with E-state index in [0.717, 1.165) is 5.75 Å². The van der Waals surface area contributed by atoms with Gasteiger partial charge in [0.1, 0.15) is 18.3 Å². The van der Waals surface area contributed by atoms with E-state index >= 15 is 0 Å². The number of alkyl halides is 2. The van der Waals surface area contributed by atoms with Crippen LogP contribution in [0.25, 0.3) is 0 Å².